The van der Waals surface area contributed by atoms with E-state index >= 15 is 0 Å². The van der Waals surface area contributed by atoms with Crippen LogP contribution in [0.1, 0.15) is 102 Å². The molecule has 1 aliphatic heterocycles. The third-order valence-electron chi connectivity index (χ3n) is 7.39. The molecule has 0 bridgehead atoms. The first-order valence-corrected chi connectivity index (χ1v) is 13.8. The van der Waals surface area contributed by atoms with Crippen molar-refractivity contribution in [2.45, 2.75) is 103 Å². The lowest BCUT2D eigenvalue weighted by Crippen LogP contribution is -2.57. The number of hydrogen-bond acceptors (Lipinski definition) is 2. The molecule has 0 spiro atoms. The molecule has 0 radical (unpaired) electrons. The maximum Gasteiger partial charge on any atom is 0.222 e. The Morgan fingerprint density at radius 3 is 1.79 bits per heavy atom. The summed E-state index contributed by atoms with van der Waals surface area (Å²) in [6.45, 7) is 7.16. The van der Waals surface area contributed by atoms with E-state index in [4.69, 9.17) is 4.74 Å². The number of methoxy groups -OCH3 is 1. The number of piperazine rings is 1. The Morgan fingerprint density at radius 1 is 0.818 bits per heavy atom. The number of likely N-dealkylation sites (N-methyl/N-ethyl adjacent to an activating group) is 1. The quantitative estimate of drug-likeness (QED) is 0.186. The Morgan fingerprint density at radius 2 is 1.30 bits per heavy atom. The van der Waals surface area contributed by atoms with Crippen LogP contribution < -0.4 is 4.74 Å². The van der Waals surface area contributed by atoms with Crippen molar-refractivity contribution in [3.8, 4) is 5.75 Å². The SMILES string of the molecule is CCCCCCCCCCCCCCCC(=O)N1CC[N+](C)(Cc2ccc(OC)cc2)CC1. The summed E-state index contributed by atoms with van der Waals surface area (Å²) in [5.41, 5.74) is 1.34. The van der Waals surface area contributed by atoms with Gasteiger partial charge in [0.15, 0.2) is 0 Å². The summed E-state index contributed by atoms with van der Waals surface area (Å²) in [7, 11) is 4.02. The highest BCUT2D eigenvalue weighted by atomic mass is 16.5. The van der Waals surface area contributed by atoms with Gasteiger partial charge in [0.1, 0.15) is 12.3 Å². The second kappa shape index (κ2) is 16.1. The van der Waals surface area contributed by atoms with Gasteiger partial charge >= 0.3 is 0 Å². The second-order valence-corrected chi connectivity index (χ2v) is 10.4. The molecule has 1 heterocycles. The van der Waals surface area contributed by atoms with E-state index in [0.29, 0.717) is 5.91 Å². The molecule has 1 amide bonds. The molecule has 0 aliphatic carbocycles. The van der Waals surface area contributed by atoms with Gasteiger partial charge in [-0.1, -0.05) is 84.0 Å². The van der Waals surface area contributed by atoms with E-state index in [1.54, 1.807) is 7.11 Å². The van der Waals surface area contributed by atoms with E-state index in [0.717, 1.165) is 55.8 Å². The number of hydrogen-bond donors (Lipinski definition) is 0. The normalized spacial score (nSPS) is 15.5. The van der Waals surface area contributed by atoms with Gasteiger partial charge in [0.25, 0.3) is 0 Å². The molecule has 1 aromatic carbocycles. The topological polar surface area (TPSA) is 29.5 Å². The zero-order valence-corrected chi connectivity index (χ0v) is 22.0. The third-order valence-corrected chi connectivity index (χ3v) is 7.39. The Labute approximate surface area is 204 Å². The first kappa shape index (κ1) is 27.7. The number of rotatable bonds is 17. The minimum atomic E-state index is 0.369. The van der Waals surface area contributed by atoms with Gasteiger partial charge in [-0.05, 0) is 30.7 Å². The van der Waals surface area contributed by atoms with Crippen molar-refractivity contribution in [3.63, 3.8) is 0 Å². The zero-order chi connectivity index (χ0) is 23.8. The molecule has 4 heteroatoms. The van der Waals surface area contributed by atoms with Gasteiger partial charge in [0, 0.05) is 12.0 Å². The molecule has 2 rings (SSSR count). The lowest BCUT2D eigenvalue weighted by molar-refractivity contribution is -0.926. The number of amides is 1. The van der Waals surface area contributed by atoms with E-state index in [1.807, 2.05) is 12.1 Å². The zero-order valence-electron chi connectivity index (χ0n) is 22.0. The van der Waals surface area contributed by atoms with Crippen molar-refractivity contribution >= 4 is 5.91 Å². The molecule has 4 nitrogen and oxygen atoms in total. The average molecular weight is 460 g/mol. The Hall–Kier alpha value is -1.55. The van der Waals surface area contributed by atoms with Gasteiger partial charge in [0.2, 0.25) is 5.91 Å². The lowest BCUT2D eigenvalue weighted by Gasteiger charge is -2.42. The predicted octanol–water partition coefficient (Wildman–Crippen LogP) is 6.97. The van der Waals surface area contributed by atoms with Crippen LogP contribution in [0.4, 0.5) is 0 Å². The second-order valence-electron chi connectivity index (χ2n) is 10.4. The van der Waals surface area contributed by atoms with Crippen LogP contribution in [-0.2, 0) is 11.3 Å². The summed E-state index contributed by atoms with van der Waals surface area (Å²) in [5, 5.41) is 0. The minimum absolute atomic E-state index is 0.369. The number of benzene rings is 1. The fourth-order valence-electron chi connectivity index (χ4n) is 4.98. The highest BCUT2D eigenvalue weighted by Crippen LogP contribution is 2.19. The van der Waals surface area contributed by atoms with Gasteiger partial charge in [-0.15, -0.1) is 0 Å². The number of nitrogens with zero attached hydrogens (tertiary/aromatic N) is 2. The smallest absolute Gasteiger partial charge is 0.222 e. The first-order chi connectivity index (χ1) is 16.1. The minimum Gasteiger partial charge on any atom is -0.497 e. The van der Waals surface area contributed by atoms with E-state index in [9.17, 15) is 4.79 Å². The van der Waals surface area contributed by atoms with Crippen LogP contribution in [0.3, 0.4) is 0 Å². The van der Waals surface area contributed by atoms with E-state index in [1.165, 1.54) is 82.6 Å². The maximum atomic E-state index is 12.6. The molecule has 188 valence electrons. The summed E-state index contributed by atoms with van der Waals surface area (Å²) >= 11 is 0. The predicted molar refractivity (Wildman–Crippen MR) is 140 cm³/mol. The third kappa shape index (κ3) is 11.4. The number of carbonyl (C=O) groups is 1. The highest BCUT2D eigenvalue weighted by Gasteiger charge is 2.30. The van der Waals surface area contributed by atoms with Gasteiger partial charge in [0.05, 0.1) is 40.3 Å². The fraction of sp³-hybridized carbons (Fsp3) is 0.759. The monoisotopic (exact) mass is 459 g/mol. The van der Waals surface area contributed by atoms with Crippen molar-refractivity contribution in [1.29, 1.82) is 0 Å². The first-order valence-electron chi connectivity index (χ1n) is 13.8. The summed E-state index contributed by atoms with van der Waals surface area (Å²) in [6, 6.07) is 8.40. The molecule has 1 aromatic rings. The van der Waals surface area contributed by atoms with Crippen LogP contribution >= 0.6 is 0 Å². The largest absolute Gasteiger partial charge is 0.497 e. The van der Waals surface area contributed by atoms with Crippen molar-refractivity contribution in [2.75, 3.05) is 40.3 Å². The molecular weight excluding hydrogens is 408 g/mol. The van der Waals surface area contributed by atoms with Gasteiger partial charge in [-0.2, -0.15) is 0 Å². The molecule has 1 saturated heterocycles. The van der Waals surface area contributed by atoms with Gasteiger partial charge in [-0.3, -0.25) is 4.79 Å². The van der Waals surface area contributed by atoms with E-state index in [2.05, 4.69) is 31.0 Å². The van der Waals surface area contributed by atoms with Crippen LogP contribution in [0.25, 0.3) is 0 Å². The molecule has 0 atom stereocenters. The van der Waals surface area contributed by atoms with Crippen LogP contribution in [-0.4, -0.2) is 55.6 Å². The van der Waals surface area contributed by atoms with Crippen molar-refractivity contribution in [1.82, 2.24) is 4.90 Å². The van der Waals surface area contributed by atoms with Crippen LogP contribution in [0.5, 0.6) is 5.75 Å². The van der Waals surface area contributed by atoms with Crippen LogP contribution in [0, 0.1) is 0 Å². The molecule has 0 aromatic heterocycles. The highest BCUT2D eigenvalue weighted by molar-refractivity contribution is 5.76. The molecule has 0 saturated carbocycles. The summed E-state index contributed by atoms with van der Waals surface area (Å²) in [4.78, 5) is 14.8. The number of unbranched alkanes of at least 4 members (excludes halogenated alkanes) is 12. The number of quaternary nitrogens is 1. The number of ether oxygens (including phenoxy) is 1. The van der Waals surface area contributed by atoms with Crippen molar-refractivity contribution in [3.05, 3.63) is 29.8 Å². The summed E-state index contributed by atoms with van der Waals surface area (Å²) < 4.78 is 6.27. The summed E-state index contributed by atoms with van der Waals surface area (Å²) in [6.07, 6.45) is 18.3. The van der Waals surface area contributed by atoms with Crippen molar-refractivity contribution in [2.24, 2.45) is 0 Å². The fourth-order valence-corrected chi connectivity index (χ4v) is 4.98. The van der Waals surface area contributed by atoms with E-state index < -0.39 is 0 Å². The number of carbonyl (C=O) groups excluding carboxylic acids is 1. The maximum absolute atomic E-state index is 12.6. The van der Waals surface area contributed by atoms with Crippen molar-refractivity contribution < 1.29 is 14.0 Å². The molecular formula is C29H51N2O2+. The van der Waals surface area contributed by atoms with Gasteiger partial charge < -0.3 is 14.1 Å². The molecule has 1 fully saturated rings. The molecule has 1 aliphatic rings. The molecule has 0 N–H and O–H groups in total. The Kier molecular flexibility index (Phi) is 13.5. The average Bonchev–Trinajstić information content (AvgIpc) is 2.82. The standard InChI is InChI=1S/C29H51N2O2/c1-4-5-6-7-8-9-10-11-12-13-14-15-16-17-29(32)30-22-24-31(2,25-23-30)26-27-18-20-28(33-3)21-19-27/h18-21H,4-17,22-26H2,1-3H3/q+1. The summed E-state index contributed by atoms with van der Waals surface area (Å²) in [5.74, 6) is 1.28. The Balaban J connectivity index is 1.48. The van der Waals surface area contributed by atoms with Gasteiger partial charge in [-0.25, -0.2) is 0 Å². The van der Waals surface area contributed by atoms with Crippen LogP contribution in [0.2, 0.25) is 0 Å². The molecule has 0 unspecified atom stereocenters. The van der Waals surface area contributed by atoms with Crippen LogP contribution in [0.15, 0.2) is 24.3 Å². The lowest BCUT2D eigenvalue weighted by atomic mass is 10.0. The van der Waals surface area contributed by atoms with E-state index in [-0.39, 0.29) is 0 Å². The molecule has 33 heavy (non-hydrogen) atoms. The Bertz CT molecular complexity index is 636.